The number of nitrogens with zero attached hydrogens (tertiary/aromatic N) is 1. The highest BCUT2D eigenvalue weighted by molar-refractivity contribution is 6.04. The number of aromatic nitrogens is 1. The highest BCUT2D eigenvalue weighted by atomic mass is 16.1. The first-order valence-corrected chi connectivity index (χ1v) is 6.42. The molecule has 2 aromatic rings. The van der Waals surface area contributed by atoms with Crippen molar-refractivity contribution in [2.75, 3.05) is 18.9 Å². The molecule has 2 rings (SSSR count). The van der Waals surface area contributed by atoms with E-state index in [2.05, 4.69) is 15.6 Å². The van der Waals surface area contributed by atoms with Gasteiger partial charge in [0.05, 0.1) is 0 Å². The van der Waals surface area contributed by atoms with Crippen LogP contribution in [0.25, 0.3) is 0 Å². The van der Waals surface area contributed by atoms with Crippen LogP contribution in [-0.4, -0.2) is 24.5 Å². The lowest BCUT2D eigenvalue weighted by Gasteiger charge is -2.12. The number of nitrogens with two attached hydrogens (primary N) is 1. The van der Waals surface area contributed by atoms with Crippen LogP contribution >= 0.6 is 0 Å². The molecule has 104 valence electrons. The SMILES string of the molecule is CNCC(N)c1ccc(C(=O)Nc2ccncc2)cc1. The molecule has 5 nitrogen and oxygen atoms in total. The van der Waals surface area contributed by atoms with Gasteiger partial charge in [0, 0.05) is 36.2 Å². The molecule has 1 atom stereocenters. The van der Waals surface area contributed by atoms with E-state index < -0.39 is 0 Å². The van der Waals surface area contributed by atoms with Crippen molar-refractivity contribution >= 4 is 11.6 Å². The summed E-state index contributed by atoms with van der Waals surface area (Å²) in [6.07, 6.45) is 3.27. The van der Waals surface area contributed by atoms with E-state index >= 15 is 0 Å². The first-order valence-electron chi connectivity index (χ1n) is 6.42. The second-order valence-electron chi connectivity index (χ2n) is 4.48. The minimum Gasteiger partial charge on any atom is -0.323 e. The number of anilines is 1. The number of benzene rings is 1. The number of rotatable bonds is 5. The number of carbonyl (C=O) groups excluding carboxylic acids is 1. The maximum atomic E-state index is 12.0. The fraction of sp³-hybridized carbons (Fsp3) is 0.200. The maximum absolute atomic E-state index is 12.0. The monoisotopic (exact) mass is 270 g/mol. The fourth-order valence-corrected chi connectivity index (χ4v) is 1.86. The third kappa shape index (κ3) is 3.63. The van der Waals surface area contributed by atoms with Crippen molar-refractivity contribution in [3.8, 4) is 0 Å². The molecule has 1 unspecified atom stereocenters. The van der Waals surface area contributed by atoms with Crippen molar-refractivity contribution in [3.05, 3.63) is 59.9 Å². The Morgan fingerprint density at radius 1 is 1.20 bits per heavy atom. The van der Waals surface area contributed by atoms with Crippen molar-refractivity contribution in [1.82, 2.24) is 10.3 Å². The Morgan fingerprint density at radius 2 is 1.85 bits per heavy atom. The van der Waals surface area contributed by atoms with Crippen LogP contribution in [0.1, 0.15) is 22.0 Å². The van der Waals surface area contributed by atoms with Crippen molar-refractivity contribution < 1.29 is 4.79 Å². The predicted octanol–water partition coefficient (Wildman–Crippen LogP) is 1.55. The van der Waals surface area contributed by atoms with Gasteiger partial charge in [-0.2, -0.15) is 0 Å². The Morgan fingerprint density at radius 3 is 2.45 bits per heavy atom. The van der Waals surface area contributed by atoms with Crippen LogP contribution < -0.4 is 16.4 Å². The number of hydrogen-bond acceptors (Lipinski definition) is 4. The molecule has 0 fully saturated rings. The van der Waals surface area contributed by atoms with E-state index in [9.17, 15) is 4.79 Å². The van der Waals surface area contributed by atoms with Gasteiger partial charge in [-0.25, -0.2) is 0 Å². The summed E-state index contributed by atoms with van der Waals surface area (Å²) >= 11 is 0. The summed E-state index contributed by atoms with van der Waals surface area (Å²) in [5, 5.41) is 5.84. The average Bonchev–Trinajstić information content (AvgIpc) is 2.48. The number of amides is 1. The largest absolute Gasteiger partial charge is 0.323 e. The molecule has 0 bridgehead atoms. The number of nitrogens with one attached hydrogen (secondary N) is 2. The molecule has 1 heterocycles. The number of carbonyl (C=O) groups is 1. The molecule has 0 radical (unpaired) electrons. The zero-order chi connectivity index (χ0) is 14.4. The van der Waals surface area contributed by atoms with Crippen molar-refractivity contribution in [1.29, 1.82) is 0 Å². The second-order valence-corrected chi connectivity index (χ2v) is 4.48. The molecule has 0 saturated carbocycles. The minimum absolute atomic E-state index is 0.0719. The molecule has 0 aliphatic carbocycles. The van der Waals surface area contributed by atoms with Crippen LogP contribution in [0.2, 0.25) is 0 Å². The Balaban J connectivity index is 2.04. The summed E-state index contributed by atoms with van der Waals surface area (Å²) in [6, 6.07) is 10.7. The van der Waals surface area contributed by atoms with Gasteiger partial charge in [0.1, 0.15) is 0 Å². The lowest BCUT2D eigenvalue weighted by Crippen LogP contribution is -2.24. The summed E-state index contributed by atoms with van der Waals surface area (Å²) in [6.45, 7) is 0.697. The lowest BCUT2D eigenvalue weighted by molar-refractivity contribution is 0.102. The van der Waals surface area contributed by atoms with E-state index in [1.807, 2.05) is 19.2 Å². The Kier molecular flexibility index (Phi) is 4.81. The van der Waals surface area contributed by atoms with Gasteiger partial charge in [0.2, 0.25) is 0 Å². The normalized spacial score (nSPS) is 11.9. The predicted molar refractivity (Wildman–Crippen MR) is 79.5 cm³/mol. The van der Waals surface area contributed by atoms with Crippen LogP contribution in [0.3, 0.4) is 0 Å². The first kappa shape index (κ1) is 14.2. The van der Waals surface area contributed by atoms with Crippen molar-refractivity contribution in [2.45, 2.75) is 6.04 Å². The summed E-state index contributed by atoms with van der Waals surface area (Å²) in [5.41, 5.74) is 8.31. The maximum Gasteiger partial charge on any atom is 0.255 e. The number of hydrogen-bond donors (Lipinski definition) is 3. The summed E-state index contributed by atoms with van der Waals surface area (Å²) in [7, 11) is 1.86. The Bertz CT molecular complexity index is 554. The fourth-order valence-electron chi connectivity index (χ4n) is 1.86. The standard InChI is InChI=1S/C15H18N4O/c1-17-10-14(16)11-2-4-12(5-3-11)15(20)19-13-6-8-18-9-7-13/h2-9,14,17H,10,16H2,1H3,(H,18,19,20). The molecule has 1 aromatic heterocycles. The van der Waals surface area contributed by atoms with Gasteiger partial charge in [-0.15, -0.1) is 0 Å². The van der Waals surface area contributed by atoms with Gasteiger partial charge in [-0.1, -0.05) is 12.1 Å². The van der Waals surface area contributed by atoms with Gasteiger partial charge in [0.25, 0.3) is 5.91 Å². The Labute approximate surface area is 118 Å². The van der Waals surface area contributed by atoms with Crippen LogP contribution in [0.4, 0.5) is 5.69 Å². The third-order valence-electron chi connectivity index (χ3n) is 2.96. The van der Waals surface area contributed by atoms with E-state index in [-0.39, 0.29) is 11.9 Å². The lowest BCUT2D eigenvalue weighted by atomic mass is 10.1. The van der Waals surface area contributed by atoms with E-state index in [1.165, 1.54) is 0 Å². The molecule has 1 aromatic carbocycles. The molecule has 0 aliphatic rings. The van der Waals surface area contributed by atoms with Crippen LogP contribution in [0, 0.1) is 0 Å². The van der Waals surface area contributed by atoms with Crippen molar-refractivity contribution in [2.24, 2.45) is 5.73 Å². The topological polar surface area (TPSA) is 80.0 Å². The second kappa shape index (κ2) is 6.79. The van der Waals surface area contributed by atoms with Crippen molar-refractivity contribution in [3.63, 3.8) is 0 Å². The molecular formula is C15H18N4O. The van der Waals surface area contributed by atoms with E-state index in [0.29, 0.717) is 12.1 Å². The minimum atomic E-state index is -0.148. The molecule has 1 amide bonds. The molecule has 20 heavy (non-hydrogen) atoms. The quantitative estimate of drug-likeness (QED) is 0.770. The average molecular weight is 270 g/mol. The molecular weight excluding hydrogens is 252 g/mol. The molecule has 5 heteroatoms. The summed E-state index contributed by atoms with van der Waals surface area (Å²) < 4.78 is 0. The zero-order valence-electron chi connectivity index (χ0n) is 11.3. The van der Waals surface area contributed by atoms with E-state index in [0.717, 1.165) is 11.3 Å². The highest BCUT2D eigenvalue weighted by Gasteiger charge is 2.08. The molecule has 0 saturated heterocycles. The van der Waals surface area contributed by atoms with Crippen LogP contribution in [0.15, 0.2) is 48.8 Å². The third-order valence-corrected chi connectivity index (χ3v) is 2.96. The smallest absolute Gasteiger partial charge is 0.255 e. The highest BCUT2D eigenvalue weighted by Crippen LogP contribution is 2.13. The van der Waals surface area contributed by atoms with Crippen LogP contribution in [0.5, 0.6) is 0 Å². The summed E-state index contributed by atoms with van der Waals surface area (Å²) in [5.74, 6) is -0.148. The van der Waals surface area contributed by atoms with E-state index in [1.54, 1.807) is 36.7 Å². The van der Waals surface area contributed by atoms with Gasteiger partial charge < -0.3 is 16.4 Å². The van der Waals surface area contributed by atoms with E-state index in [4.69, 9.17) is 5.73 Å². The van der Waals surface area contributed by atoms with Gasteiger partial charge in [0.15, 0.2) is 0 Å². The number of pyridine rings is 1. The summed E-state index contributed by atoms with van der Waals surface area (Å²) in [4.78, 5) is 15.9. The Hall–Kier alpha value is -2.24. The van der Waals surface area contributed by atoms with Crippen LogP contribution in [-0.2, 0) is 0 Å². The van der Waals surface area contributed by atoms with Gasteiger partial charge >= 0.3 is 0 Å². The molecule has 0 spiro atoms. The van der Waals surface area contributed by atoms with Gasteiger partial charge in [-0.3, -0.25) is 9.78 Å². The molecule has 0 aliphatic heterocycles. The van der Waals surface area contributed by atoms with Gasteiger partial charge in [-0.05, 0) is 36.9 Å². The number of likely N-dealkylation sites (N-methyl/N-ethyl adjacent to an activating group) is 1. The first-order chi connectivity index (χ1) is 9.70. The zero-order valence-corrected chi connectivity index (χ0v) is 11.3. The molecule has 4 N–H and O–H groups in total.